The van der Waals surface area contributed by atoms with Crippen molar-refractivity contribution in [1.82, 2.24) is 0 Å². The van der Waals surface area contributed by atoms with Crippen LogP contribution in [0.3, 0.4) is 0 Å². The van der Waals surface area contributed by atoms with Crippen molar-refractivity contribution in [3.8, 4) is 56.8 Å². The van der Waals surface area contributed by atoms with Crippen molar-refractivity contribution in [3.05, 3.63) is 119 Å². The van der Waals surface area contributed by atoms with Crippen LogP contribution in [0.25, 0.3) is 56.0 Å². The first kappa shape index (κ1) is 39.6. The second-order valence-electron chi connectivity index (χ2n) is 15.4. The first-order valence-electron chi connectivity index (χ1n) is 19.1. The summed E-state index contributed by atoms with van der Waals surface area (Å²) in [4.78, 5) is 42.3. The van der Waals surface area contributed by atoms with Crippen LogP contribution >= 0.6 is 0 Å². The summed E-state index contributed by atoms with van der Waals surface area (Å²) in [6, 6.07) is 22.0. The predicted molar refractivity (Wildman–Crippen MR) is 229 cm³/mol. The molecule has 0 fully saturated rings. The van der Waals surface area contributed by atoms with Crippen LogP contribution in [0.4, 0.5) is 4.79 Å². The first-order valence-corrected chi connectivity index (χ1v) is 19.1. The molecule has 2 aliphatic rings. The number of hydrogen-bond acceptors (Lipinski definition) is 11. The number of benzene rings is 6. The number of cyclic esters (lactones) is 2. The molecule has 0 N–H and O–H groups in total. The van der Waals surface area contributed by atoms with Crippen LogP contribution in [-0.2, 0) is 16.1 Å². The van der Waals surface area contributed by atoms with Gasteiger partial charge in [0.25, 0.3) is 0 Å². The maximum absolute atomic E-state index is 14.6. The third kappa shape index (κ3) is 6.43. The molecular formula is C49H42O11. The second kappa shape index (κ2) is 15.2. The molecule has 2 aliphatic heterocycles. The Morgan fingerprint density at radius 3 is 1.50 bits per heavy atom. The minimum Gasteiger partial charge on any atom is -0.493 e. The van der Waals surface area contributed by atoms with Crippen molar-refractivity contribution in [1.29, 1.82) is 0 Å². The average Bonchev–Trinajstić information content (AvgIpc) is 3.82. The highest BCUT2D eigenvalue weighted by Crippen LogP contribution is 2.55. The van der Waals surface area contributed by atoms with E-state index in [-0.39, 0.29) is 29.2 Å². The van der Waals surface area contributed by atoms with Crippen LogP contribution < -0.4 is 28.4 Å². The van der Waals surface area contributed by atoms with Gasteiger partial charge in [0.05, 0.1) is 45.1 Å². The molecule has 0 saturated carbocycles. The van der Waals surface area contributed by atoms with Gasteiger partial charge >= 0.3 is 18.1 Å². The van der Waals surface area contributed by atoms with Gasteiger partial charge in [-0.3, -0.25) is 0 Å². The average molecular weight is 807 g/mol. The molecule has 6 aromatic rings. The van der Waals surface area contributed by atoms with Gasteiger partial charge < -0.3 is 37.9 Å². The third-order valence-corrected chi connectivity index (χ3v) is 10.9. The molecule has 60 heavy (non-hydrogen) atoms. The Labute approximate surface area is 346 Å². The van der Waals surface area contributed by atoms with Gasteiger partial charge in [-0.2, -0.15) is 0 Å². The van der Waals surface area contributed by atoms with Crippen LogP contribution in [-0.4, -0.2) is 46.5 Å². The number of carbonyl (C=O) groups excluding carboxylic acids is 3. The highest BCUT2D eigenvalue weighted by atomic mass is 16.7. The molecule has 0 amide bonds. The van der Waals surface area contributed by atoms with Crippen LogP contribution in [0, 0.1) is 5.41 Å². The summed E-state index contributed by atoms with van der Waals surface area (Å²) in [6.07, 6.45) is 1.46. The number of rotatable bonds is 10. The Morgan fingerprint density at radius 1 is 0.617 bits per heavy atom. The standard InChI is InChI=1S/C49H42O11/c1-10-25-12-16-27(17-13-25)38-29-20-34(53-6)36(55-8)22-31(29)43(33-24-57-46(50)40(33)38)58-48(52)59-44-32-23-37(56-9)35(54-7)21-30(32)39(28-18-14-26(11-2)15-19-28)41-42(44)45(49(3,4)5)60-47(41)51/h10-23,45H,1-2,24H2,3-9H3. The maximum Gasteiger partial charge on any atom is 0.519 e. The molecule has 304 valence electrons. The zero-order valence-electron chi connectivity index (χ0n) is 34.3. The van der Waals surface area contributed by atoms with Crippen molar-refractivity contribution >= 4 is 51.8 Å². The van der Waals surface area contributed by atoms with E-state index in [1.54, 1.807) is 36.4 Å². The number of carbonyl (C=O) groups is 3. The van der Waals surface area contributed by atoms with Gasteiger partial charge in [-0.25, -0.2) is 14.4 Å². The van der Waals surface area contributed by atoms with Gasteiger partial charge in [0.2, 0.25) is 0 Å². The topological polar surface area (TPSA) is 125 Å². The fourth-order valence-electron chi connectivity index (χ4n) is 8.09. The third-order valence-electron chi connectivity index (χ3n) is 10.9. The molecule has 1 atom stereocenters. The molecular weight excluding hydrogens is 765 g/mol. The zero-order valence-corrected chi connectivity index (χ0v) is 34.3. The highest BCUT2D eigenvalue weighted by molar-refractivity contribution is 6.16. The van der Waals surface area contributed by atoms with Crippen LogP contribution in [0.5, 0.6) is 34.5 Å². The van der Waals surface area contributed by atoms with E-state index in [0.717, 1.165) is 11.1 Å². The molecule has 2 heterocycles. The van der Waals surface area contributed by atoms with Gasteiger partial charge in [0.15, 0.2) is 23.0 Å². The smallest absolute Gasteiger partial charge is 0.493 e. The Bertz CT molecular complexity index is 2790. The fraction of sp³-hybridized carbons (Fsp3) is 0.204. The van der Waals surface area contributed by atoms with Crippen molar-refractivity contribution in [2.24, 2.45) is 5.41 Å². The molecule has 1 unspecified atom stereocenters. The summed E-state index contributed by atoms with van der Waals surface area (Å²) in [5.41, 5.74) is 4.84. The number of methoxy groups -OCH3 is 4. The van der Waals surface area contributed by atoms with Gasteiger partial charge in [-0.15, -0.1) is 0 Å². The van der Waals surface area contributed by atoms with Crippen molar-refractivity contribution < 1.29 is 52.3 Å². The summed E-state index contributed by atoms with van der Waals surface area (Å²) in [5, 5.41) is 1.91. The summed E-state index contributed by atoms with van der Waals surface area (Å²) < 4.78 is 47.2. The second-order valence-corrected chi connectivity index (χ2v) is 15.4. The Morgan fingerprint density at radius 2 is 1.05 bits per heavy atom. The minimum absolute atomic E-state index is 0.0297. The summed E-state index contributed by atoms with van der Waals surface area (Å²) in [5.74, 6) is 0.371. The van der Waals surface area contributed by atoms with Crippen molar-refractivity contribution in [3.63, 3.8) is 0 Å². The molecule has 0 saturated heterocycles. The zero-order chi connectivity index (χ0) is 42.6. The first-order chi connectivity index (χ1) is 28.8. The minimum atomic E-state index is -1.15. The monoisotopic (exact) mass is 806 g/mol. The predicted octanol–water partition coefficient (Wildman–Crippen LogP) is 11.2. The van der Waals surface area contributed by atoms with Gasteiger partial charge in [-0.05, 0) is 57.3 Å². The van der Waals surface area contributed by atoms with Crippen molar-refractivity contribution in [2.45, 2.75) is 33.5 Å². The molecule has 0 aromatic heterocycles. The van der Waals surface area contributed by atoms with E-state index in [9.17, 15) is 14.4 Å². The lowest BCUT2D eigenvalue weighted by Crippen LogP contribution is -2.21. The summed E-state index contributed by atoms with van der Waals surface area (Å²) >= 11 is 0. The van der Waals surface area contributed by atoms with E-state index in [4.69, 9.17) is 37.9 Å². The van der Waals surface area contributed by atoms with Gasteiger partial charge in [-0.1, -0.05) is 94.6 Å². The molecule has 0 aliphatic carbocycles. The molecule has 11 heteroatoms. The van der Waals surface area contributed by atoms with Crippen LogP contribution in [0.15, 0.2) is 86.0 Å². The maximum atomic E-state index is 14.6. The van der Waals surface area contributed by atoms with E-state index in [1.165, 1.54) is 28.4 Å². The number of esters is 2. The molecule has 0 spiro atoms. The van der Waals surface area contributed by atoms with E-state index in [1.807, 2.05) is 69.3 Å². The molecule has 0 bridgehead atoms. The van der Waals surface area contributed by atoms with E-state index in [2.05, 4.69) is 13.2 Å². The number of fused-ring (bicyclic) bond motifs is 4. The lowest BCUT2D eigenvalue weighted by molar-refractivity contribution is 0.00729. The van der Waals surface area contributed by atoms with Crippen LogP contribution in [0.1, 0.15) is 69.8 Å². The van der Waals surface area contributed by atoms with E-state index in [0.29, 0.717) is 77.9 Å². The molecule has 6 aromatic carbocycles. The summed E-state index contributed by atoms with van der Waals surface area (Å²) in [6.45, 7) is 13.3. The lowest BCUT2D eigenvalue weighted by Gasteiger charge is -2.28. The highest BCUT2D eigenvalue weighted by Gasteiger charge is 2.45. The van der Waals surface area contributed by atoms with E-state index >= 15 is 0 Å². The normalized spacial score (nSPS) is 14.2. The Hall–Kier alpha value is -7.27. The summed E-state index contributed by atoms with van der Waals surface area (Å²) in [7, 11) is 6.01. The largest absolute Gasteiger partial charge is 0.519 e. The molecule has 8 rings (SSSR count). The van der Waals surface area contributed by atoms with Crippen molar-refractivity contribution in [2.75, 3.05) is 28.4 Å². The van der Waals surface area contributed by atoms with E-state index < -0.39 is 29.6 Å². The quantitative estimate of drug-likeness (QED) is 0.0970. The fourth-order valence-corrected chi connectivity index (χ4v) is 8.09. The van der Waals surface area contributed by atoms with Gasteiger partial charge in [0, 0.05) is 32.9 Å². The van der Waals surface area contributed by atoms with Crippen LogP contribution in [0.2, 0.25) is 0 Å². The number of hydrogen-bond donors (Lipinski definition) is 0. The Kier molecular flexibility index (Phi) is 9.99. The number of ether oxygens (including phenoxy) is 8. The van der Waals surface area contributed by atoms with Gasteiger partial charge in [0.1, 0.15) is 24.2 Å². The lowest BCUT2D eigenvalue weighted by atomic mass is 9.80. The molecule has 11 nitrogen and oxygen atoms in total. The SMILES string of the molecule is C=Cc1ccc(-c2c3c(c(OC(=O)Oc4c5c(c(-c6ccc(C=C)cc6)c6cc(OC)c(OC)cc46)C(=O)OC5C(C)(C)C)c4cc(OC)c(OC)cc24)COC3=O)cc1. The Balaban J connectivity index is 1.37. The molecule has 0 radical (unpaired) electrons.